The van der Waals surface area contributed by atoms with E-state index in [0.717, 1.165) is 16.9 Å². The second-order valence-corrected chi connectivity index (χ2v) is 5.98. The third-order valence-corrected chi connectivity index (χ3v) is 4.23. The van der Waals surface area contributed by atoms with E-state index >= 15 is 0 Å². The Bertz CT molecular complexity index is 879. The number of rotatable bonds is 5. The normalized spacial score (nSPS) is 10.3. The van der Waals surface area contributed by atoms with Gasteiger partial charge in [0.1, 0.15) is 4.88 Å². The van der Waals surface area contributed by atoms with Gasteiger partial charge in [-0.3, -0.25) is 15.1 Å². The number of ether oxygens (including phenoxy) is 1. The molecule has 0 bridgehead atoms. The lowest BCUT2D eigenvalue weighted by molar-refractivity contribution is 0.0532. The van der Waals surface area contributed by atoms with Gasteiger partial charge in [0, 0.05) is 18.0 Å². The number of aromatic nitrogens is 2. The van der Waals surface area contributed by atoms with Crippen LogP contribution in [-0.2, 0) is 4.74 Å². The van der Waals surface area contributed by atoms with E-state index in [1.54, 1.807) is 25.3 Å². The van der Waals surface area contributed by atoms with Crippen LogP contribution in [0.1, 0.15) is 27.0 Å². The van der Waals surface area contributed by atoms with Crippen molar-refractivity contribution in [3.05, 3.63) is 65.3 Å². The molecule has 1 aromatic carbocycles. The number of nitrogens with one attached hydrogen (secondary N) is 1. The molecule has 0 aliphatic heterocycles. The number of carbonyl (C=O) groups excluding carboxylic acids is 2. The zero-order valence-corrected chi connectivity index (χ0v) is 14.2. The van der Waals surface area contributed by atoms with Crippen molar-refractivity contribution < 1.29 is 14.3 Å². The summed E-state index contributed by atoms with van der Waals surface area (Å²) in [7, 11) is 0. The predicted octanol–water partition coefficient (Wildman–Crippen LogP) is 3.63. The summed E-state index contributed by atoms with van der Waals surface area (Å²) < 4.78 is 5.10. The van der Waals surface area contributed by atoms with E-state index in [0.29, 0.717) is 21.3 Å². The molecule has 2 heterocycles. The second kappa shape index (κ2) is 7.67. The Morgan fingerprint density at radius 1 is 1.16 bits per heavy atom. The first-order valence-electron chi connectivity index (χ1n) is 7.63. The Kier molecular flexibility index (Phi) is 5.15. The van der Waals surface area contributed by atoms with E-state index in [1.807, 2.05) is 30.3 Å². The van der Waals surface area contributed by atoms with Crippen molar-refractivity contribution in [2.45, 2.75) is 6.92 Å². The van der Waals surface area contributed by atoms with Crippen LogP contribution in [0.3, 0.4) is 0 Å². The van der Waals surface area contributed by atoms with Gasteiger partial charge in [-0.15, -0.1) is 0 Å². The largest absolute Gasteiger partial charge is 0.462 e. The van der Waals surface area contributed by atoms with Gasteiger partial charge in [0.25, 0.3) is 5.91 Å². The molecule has 3 rings (SSSR count). The molecule has 0 atom stereocenters. The average Bonchev–Trinajstić information content (AvgIpc) is 3.07. The van der Waals surface area contributed by atoms with Crippen molar-refractivity contribution >= 4 is 28.3 Å². The molecule has 2 aromatic heterocycles. The molecular weight excluding hydrogens is 338 g/mol. The summed E-state index contributed by atoms with van der Waals surface area (Å²) in [4.78, 5) is 33.2. The Hall–Kier alpha value is -3.06. The topological polar surface area (TPSA) is 81.2 Å². The number of esters is 1. The number of benzene rings is 1. The van der Waals surface area contributed by atoms with Gasteiger partial charge in [-0.25, -0.2) is 9.78 Å². The Balaban J connectivity index is 1.93. The Morgan fingerprint density at radius 2 is 1.96 bits per heavy atom. The molecule has 7 heteroatoms. The maximum absolute atomic E-state index is 12.3. The molecule has 0 aliphatic rings. The first-order chi connectivity index (χ1) is 12.2. The highest BCUT2D eigenvalue weighted by Gasteiger charge is 2.21. The van der Waals surface area contributed by atoms with Crippen LogP contribution >= 0.6 is 11.3 Å². The van der Waals surface area contributed by atoms with Crippen LogP contribution in [0.15, 0.2) is 54.9 Å². The van der Waals surface area contributed by atoms with Crippen molar-refractivity contribution in [2.24, 2.45) is 0 Å². The van der Waals surface area contributed by atoms with E-state index in [4.69, 9.17) is 4.74 Å². The molecule has 25 heavy (non-hydrogen) atoms. The quantitative estimate of drug-likeness (QED) is 0.708. The van der Waals surface area contributed by atoms with Crippen LogP contribution in [0.2, 0.25) is 0 Å². The van der Waals surface area contributed by atoms with Crippen LogP contribution in [0, 0.1) is 0 Å². The van der Waals surface area contributed by atoms with Crippen molar-refractivity contribution in [2.75, 3.05) is 11.9 Å². The van der Waals surface area contributed by atoms with Gasteiger partial charge in [-0.05, 0) is 19.1 Å². The van der Waals surface area contributed by atoms with Crippen LogP contribution in [-0.4, -0.2) is 28.5 Å². The van der Waals surface area contributed by atoms with Crippen LogP contribution in [0.25, 0.3) is 11.3 Å². The standard InChI is InChI=1S/C18H15N3O3S/c1-2-24-17(23)15-14(12-7-4-3-5-8-12)20-18(25-15)21-16(22)13-9-6-10-19-11-13/h3-11H,2H2,1H3,(H,20,21,22). The summed E-state index contributed by atoms with van der Waals surface area (Å²) in [5.74, 6) is -0.794. The molecule has 0 spiro atoms. The summed E-state index contributed by atoms with van der Waals surface area (Å²) in [6, 6.07) is 12.6. The summed E-state index contributed by atoms with van der Waals surface area (Å²) in [5, 5.41) is 3.04. The van der Waals surface area contributed by atoms with Gasteiger partial charge >= 0.3 is 5.97 Å². The molecule has 1 amide bonds. The number of amides is 1. The maximum Gasteiger partial charge on any atom is 0.350 e. The number of thiazole rings is 1. The highest BCUT2D eigenvalue weighted by molar-refractivity contribution is 7.18. The van der Waals surface area contributed by atoms with Gasteiger partial charge in [-0.2, -0.15) is 0 Å². The SMILES string of the molecule is CCOC(=O)c1sc(NC(=O)c2cccnc2)nc1-c1ccccc1. The first-order valence-corrected chi connectivity index (χ1v) is 8.45. The summed E-state index contributed by atoms with van der Waals surface area (Å²) >= 11 is 1.09. The van der Waals surface area contributed by atoms with E-state index in [2.05, 4.69) is 15.3 Å². The van der Waals surface area contributed by atoms with Gasteiger partial charge in [-0.1, -0.05) is 41.7 Å². The zero-order chi connectivity index (χ0) is 17.6. The molecule has 1 N–H and O–H groups in total. The zero-order valence-electron chi connectivity index (χ0n) is 13.4. The van der Waals surface area contributed by atoms with Gasteiger partial charge in [0.2, 0.25) is 0 Å². The number of pyridine rings is 1. The molecule has 0 fully saturated rings. The third-order valence-electron chi connectivity index (χ3n) is 3.28. The van der Waals surface area contributed by atoms with Crippen LogP contribution in [0.5, 0.6) is 0 Å². The minimum absolute atomic E-state index is 0.266. The maximum atomic E-state index is 12.3. The number of hydrogen-bond donors (Lipinski definition) is 1. The average molecular weight is 353 g/mol. The van der Waals surface area contributed by atoms with Crippen LogP contribution < -0.4 is 5.32 Å². The monoisotopic (exact) mass is 353 g/mol. The molecule has 126 valence electrons. The molecule has 0 unspecified atom stereocenters. The molecular formula is C18H15N3O3S. The van der Waals surface area contributed by atoms with E-state index in [-0.39, 0.29) is 12.5 Å². The lowest BCUT2D eigenvalue weighted by atomic mass is 10.1. The minimum Gasteiger partial charge on any atom is -0.462 e. The number of hydrogen-bond acceptors (Lipinski definition) is 6. The smallest absolute Gasteiger partial charge is 0.350 e. The van der Waals surface area contributed by atoms with E-state index in [9.17, 15) is 9.59 Å². The fourth-order valence-corrected chi connectivity index (χ4v) is 3.04. The number of anilines is 1. The first kappa shape index (κ1) is 16.8. The van der Waals surface area contributed by atoms with E-state index in [1.165, 1.54) is 6.20 Å². The number of nitrogens with zero attached hydrogens (tertiary/aromatic N) is 2. The van der Waals surface area contributed by atoms with Crippen molar-refractivity contribution in [3.8, 4) is 11.3 Å². The second-order valence-electron chi connectivity index (χ2n) is 4.98. The molecule has 6 nitrogen and oxygen atoms in total. The fraction of sp³-hybridized carbons (Fsp3) is 0.111. The lowest BCUT2D eigenvalue weighted by Gasteiger charge is -2.01. The highest BCUT2D eigenvalue weighted by atomic mass is 32.1. The summed E-state index contributed by atoms with van der Waals surface area (Å²) in [6.45, 7) is 2.01. The summed E-state index contributed by atoms with van der Waals surface area (Å²) in [6.07, 6.45) is 3.06. The van der Waals surface area contributed by atoms with E-state index < -0.39 is 5.97 Å². The fourth-order valence-electron chi connectivity index (χ4n) is 2.17. The third kappa shape index (κ3) is 3.89. The molecule has 0 saturated heterocycles. The predicted molar refractivity (Wildman–Crippen MR) is 95.7 cm³/mol. The van der Waals surface area contributed by atoms with Crippen molar-refractivity contribution in [3.63, 3.8) is 0 Å². The number of carbonyl (C=O) groups is 2. The van der Waals surface area contributed by atoms with Gasteiger partial charge < -0.3 is 4.74 Å². The molecule has 0 saturated carbocycles. The Morgan fingerprint density at radius 3 is 2.64 bits per heavy atom. The van der Waals surface area contributed by atoms with Crippen molar-refractivity contribution in [1.29, 1.82) is 0 Å². The van der Waals surface area contributed by atoms with Crippen LogP contribution in [0.4, 0.5) is 5.13 Å². The molecule has 3 aromatic rings. The van der Waals surface area contributed by atoms with Gasteiger partial charge in [0.15, 0.2) is 5.13 Å². The summed E-state index contributed by atoms with van der Waals surface area (Å²) in [5.41, 5.74) is 1.69. The van der Waals surface area contributed by atoms with Gasteiger partial charge in [0.05, 0.1) is 17.9 Å². The molecule has 0 radical (unpaired) electrons. The highest BCUT2D eigenvalue weighted by Crippen LogP contribution is 2.32. The van der Waals surface area contributed by atoms with Crippen molar-refractivity contribution in [1.82, 2.24) is 9.97 Å². The minimum atomic E-state index is -0.458. The Labute approximate surface area is 148 Å². The lowest BCUT2D eigenvalue weighted by Crippen LogP contribution is -2.11. The molecule has 0 aliphatic carbocycles.